The number of anilines is 1. The molecule has 0 atom stereocenters. The maximum Gasteiger partial charge on any atom is 0.278 e. The molecule has 1 aromatic carbocycles. The smallest absolute Gasteiger partial charge is 0.278 e. The molecule has 0 unspecified atom stereocenters. The highest BCUT2D eigenvalue weighted by molar-refractivity contribution is 6.00. The molecule has 0 aliphatic carbocycles. The SMILES string of the molecule is Cc1ccc2nc3c(cc(C(=O)NCc4ccccc4)c(N)[n+]3C(C)C)c(=O)n2c1. The number of benzene rings is 1. The van der Waals surface area contributed by atoms with Gasteiger partial charge in [0.15, 0.2) is 0 Å². The lowest BCUT2D eigenvalue weighted by molar-refractivity contribution is -0.679. The van der Waals surface area contributed by atoms with Crippen molar-refractivity contribution >= 4 is 28.4 Å². The molecule has 4 aromatic rings. The predicted molar refractivity (Wildman–Crippen MR) is 116 cm³/mol. The van der Waals surface area contributed by atoms with Crippen LogP contribution in [-0.2, 0) is 6.54 Å². The van der Waals surface area contributed by atoms with Gasteiger partial charge in [0.1, 0.15) is 10.9 Å². The van der Waals surface area contributed by atoms with Gasteiger partial charge in [0.2, 0.25) is 11.5 Å². The molecule has 152 valence electrons. The molecule has 0 saturated heterocycles. The fourth-order valence-electron chi connectivity index (χ4n) is 3.60. The van der Waals surface area contributed by atoms with E-state index in [0.717, 1.165) is 11.1 Å². The van der Waals surface area contributed by atoms with E-state index in [2.05, 4.69) is 10.3 Å². The molecule has 0 saturated carbocycles. The van der Waals surface area contributed by atoms with E-state index >= 15 is 0 Å². The Kier molecular flexibility index (Phi) is 4.95. The van der Waals surface area contributed by atoms with Gasteiger partial charge < -0.3 is 11.1 Å². The molecule has 0 aliphatic heterocycles. The van der Waals surface area contributed by atoms with Crippen molar-refractivity contribution in [2.45, 2.75) is 33.4 Å². The number of nitrogen functional groups attached to an aromatic ring is 1. The fraction of sp³-hybridized carbons (Fsp3) is 0.217. The minimum absolute atomic E-state index is 0.0887. The van der Waals surface area contributed by atoms with E-state index in [4.69, 9.17) is 5.73 Å². The quantitative estimate of drug-likeness (QED) is 0.405. The molecule has 0 radical (unpaired) electrons. The highest BCUT2D eigenvalue weighted by atomic mass is 16.1. The molecule has 3 heterocycles. The highest BCUT2D eigenvalue weighted by Crippen LogP contribution is 2.17. The molecule has 7 nitrogen and oxygen atoms in total. The number of aryl methyl sites for hydroxylation is 1. The first kappa shape index (κ1) is 19.6. The number of nitrogens with one attached hydrogen (secondary N) is 1. The van der Waals surface area contributed by atoms with Gasteiger partial charge in [-0.15, -0.1) is 0 Å². The lowest BCUT2D eigenvalue weighted by atomic mass is 10.1. The maximum atomic E-state index is 13.2. The molecule has 30 heavy (non-hydrogen) atoms. The Balaban J connectivity index is 1.88. The fourth-order valence-corrected chi connectivity index (χ4v) is 3.60. The van der Waals surface area contributed by atoms with Crippen LogP contribution in [0.4, 0.5) is 5.82 Å². The lowest BCUT2D eigenvalue weighted by Crippen LogP contribution is -2.44. The minimum atomic E-state index is -0.332. The number of nitrogens with two attached hydrogens (primary N) is 1. The first-order chi connectivity index (χ1) is 14.4. The predicted octanol–water partition coefficient (Wildman–Crippen LogP) is 2.54. The number of fused-ring (bicyclic) bond motifs is 2. The Labute approximate surface area is 173 Å². The number of rotatable bonds is 4. The van der Waals surface area contributed by atoms with Crippen molar-refractivity contribution in [2.75, 3.05) is 5.73 Å². The van der Waals surface area contributed by atoms with E-state index in [9.17, 15) is 9.59 Å². The lowest BCUT2D eigenvalue weighted by Gasteiger charge is -2.14. The van der Waals surface area contributed by atoms with Gasteiger partial charge in [0, 0.05) is 12.7 Å². The Morgan fingerprint density at radius 1 is 1.20 bits per heavy atom. The van der Waals surface area contributed by atoms with Crippen LogP contribution in [0.15, 0.2) is 59.5 Å². The summed E-state index contributed by atoms with van der Waals surface area (Å²) in [5, 5.41) is 3.24. The second kappa shape index (κ2) is 7.59. The van der Waals surface area contributed by atoms with Crippen LogP contribution in [0.2, 0.25) is 0 Å². The largest absolute Gasteiger partial charge is 0.348 e. The summed E-state index contributed by atoms with van der Waals surface area (Å²) in [5.74, 6) is -0.0483. The van der Waals surface area contributed by atoms with Crippen LogP contribution in [0.25, 0.3) is 16.7 Å². The Bertz CT molecular complexity index is 1330. The van der Waals surface area contributed by atoms with Gasteiger partial charge in [-0.3, -0.25) is 14.0 Å². The van der Waals surface area contributed by atoms with Gasteiger partial charge in [-0.1, -0.05) is 41.4 Å². The van der Waals surface area contributed by atoms with Crippen LogP contribution in [0.1, 0.15) is 41.4 Å². The van der Waals surface area contributed by atoms with Crippen LogP contribution in [0.5, 0.6) is 0 Å². The zero-order valence-electron chi connectivity index (χ0n) is 17.2. The standard InChI is InChI=1S/C23H23N5O2/c1-14(2)28-20(24)17(22(29)25-12-16-7-5-4-6-8-16)11-18-21(28)26-19-10-9-15(3)13-27(19)23(18)30/h4-11,13-14,24H,12H2,1-3H3,(H,25,29)/p+1. The monoisotopic (exact) mass is 402 g/mol. The third kappa shape index (κ3) is 3.39. The molecular formula is C23H24N5O2+. The zero-order valence-corrected chi connectivity index (χ0v) is 17.2. The van der Waals surface area contributed by atoms with Crippen LogP contribution in [0.3, 0.4) is 0 Å². The summed E-state index contributed by atoms with van der Waals surface area (Å²) in [6.07, 6.45) is 1.75. The second-order valence-corrected chi connectivity index (χ2v) is 7.66. The minimum Gasteiger partial charge on any atom is -0.348 e. The summed E-state index contributed by atoms with van der Waals surface area (Å²) in [7, 11) is 0. The summed E-state index contributed by atoms with van der Waals surface area (Å²) in [6.45, 7) is 6.17. The summed E-state index contributed by atoms with van der Waals surface area (Å²) in [4.78, 5) is 30.8. The van der Waals surface area contributed by atoms with Crippen molar-refractivity contribution in [3.05, 3.63) is 81.8 Å². The van der Waals surface area contributed by atoms with Crippen molar-refractivity contribution in [1.29, 1.82) is 0 Å². The highest BCUT2D eigenvalue weighted by Gasteiger charge is 2.25. The Hall–Kier alpha value is -3.74. The number of hydrogen-bond acceptors (Lipinski definition) is 4. The van der Waals surface area contributed by atoms with Crippen LogP contribution < -0.4 is 21.2 Å². The third-order valence-electron chi connectivity index (χ3n) is 5.09. The van der Waals surface area contributed by atoms with Gasteiger partial charge in [0.25, 0.3) is 17.1 Å². The topological polar surface area (TPSA) is 93.4 Å². The molecule has 0 spiro atoms. The maximum absolute atomic E-state index is 13.2. The van der Waals surface area contributed by atoms with Crippen molar-refractivity contribution in [3.63, 3.8) is 0 Å². The van der Waals surface area contributed by atoms with E-state index in [-0.39, 0.29) is 28.9 Å². The van der Waals surface area contributed by atoms with Crippen molar-refractivity contribution < 1.29 is 9.36 Å². The van der Waals surface area contributed by atoms with E-state index in [0.29, 0.717) is 23.2 Å². The van der Waals surface area contributed by atoms with Gasteiger partial charge in [0.05, 0.1) is 6.04 Å². The van der Waals surface area contributed by atoms with Crippen molar-refractivity contribution in [1.82, 2.24) is 14.7 Å². The molecule has 3 aromatic heterocycles. The molecule has 1 amide bonds. The Morgan fingerprint density at radius 3 is 2.63 bits per heavy atom. The average Bonchev–Trinajstić information content (AvgIpc) is 2.73. The number of carbonyl (C=O) groups excluding carboxylic acids is 1. The summed E-state index contributed by atoms with van der Waals surface area (Å²) in [5.41, 5.74) is 9.35. The van der Waals surface area contributed by atoms with E-state index in [1.54, 1.807) is 22.9 Å². The van der Waals surface area contributed by atoms with Crippen LogP contribution in [-0.4, -0.2) is 15.3 Å². The first-order valence-corrected chi connectivity index (χ1v) is 9.85. The van der Waals surface area contributed by atoms with Gasteiger partial charge in [-0.25, -0.2) is 4.57 Å². The number of pyridine rings is 2. The number of carbonyl (C=O) groups is 1. The third-order valence-corrected chi connectivity index (χ3v) is 5.09. The summed E-state index contributed by atoms with van der Waals surface area (Å²) < 4.78 is 3.25. The number of hydrogen-bond donors (Lipinski definition) is 2. The van der Waals surface area contributed by atoms with E-state index < -0.39 is 0 Å². The second-order valence-electron chi connectivity index (χ2n) is 7.66. The molecule has 0 fully saturated rings. The number of amides is 1. The number of aromatic nitrogens is 3. The first-order valence-electron chi connectivity index (χ1n) is 9.85. The van der Waals surface area contributed by atoms with Gasteiger partial charge >= 0.3 is 0 Å². The van der Waals surface area contributed by atoms with Crippen LogP contribution in [0, 0.1) is 6.92 Å². The average molecular weight is 402 g/mol. The van der Waals surface area contributed by atoms with Gasteiger partial charge in [-0.05, 0) is 44.0 Å². The van der Waals surface area contributed by atoms with Gasteiger partial charge in [-0.2, -0.15) is 0 Å². The Morgan fingerprint density at radius 2 is 1.93 bits per heavy atom. The van der Waals surface area contributed by atoms with E-state index in [1.807, 2.05) is 57.2 Å². The molecule has 4 rings (SSSR count). The van der Waals surface area contributed by atoms with Crippen molar-refractivity contribution in [3.8, 4) is 0 Å². The number of nitrogens with zero attached hydrogens (tertiary/aromatic N) is 3. The molecule has 7 heteroatoms. The molecule has 3 N–H and O–H groups in total. The molecule has 0 bridgehead atoms. The van der Waals surface area contributed by atoms with E-state index in [1.165, 1.54) is 4.40 Å². The summed E-state index contributed by atoms with van der Waals surface area (Å²) in [6, 6.07) is 14.8. The molecular weight excluding hydrogens is 378 g/mol. The van der Waals surface area contributed by atoms with Crippen molar-refractivity contribution in [2.24, 2.45) is 0 Å². The summed E-state index contributed by atoms with van der Waals surface area (Å²) >= 11 is 0. The normalized spacial score (nSPS) is 11.3. The van der Waals surface area contributed by atoms with Crippen LogP contribution >= 0.6 is 0 Å². The zero-order chi connectivity index (χ0) is 21.4. The molecule has 0 aliphatic rings.